The van der Waals surface area contributed by atoms with Gasteiger partial charge in [0, 0.05) is 17.8 Å². The topological polar surface area (TPSA) is 64.4 Å². The van der Waals surface area contributed by atoms with E-state index in [1.165, 1.54) is 12.1 Å². The fourth-order valence-electron chi connectivity index (χ4n) is 1.30. The molecule has 5 nitrogen and oxygen atoms in total. The van der Waals surface area contributed by atoms with Crippen LogP contribution in [0.15, 0.2) is 18.2 Å². The summed E-state index contributed by atoms with van der Waals surface area (Å²) in [5.74, 6) is 0.167. The van der Waals surface area contributed by atoms with Gasteiger partial charge in [-0.15, -0.1) is 0 Å². The second-order valence-corrected chi connectivity index (χ2v) is 3.79. The molecular formula is C11H13F3N2O3. The lowest BCUT2D eigenvalue weighted by Gasteiger charge is -2.11. The highest BCUT2D eigenvalue weighted by molar-refractivity contribution is 5.56. The van der Waals surface area contributed by atoms with Crippen molar-refractivity contribution in [3.05, 3.63) is 28.3 Å². The van der Waals surface area contributed by atoms with Crippen LogP contribution >= 0.6 is 0 Å². The monoisotopic (exact) mass is 278 g/mol. The molecule has 1 rings (SSSR count). The normalized spacial score (nSPS) is 11.2. The van der Waals surface area contributed by atoms with Crippen molar-refractivity contribution in [3.63, 3.8) is 0 Å². The minimum Gasteiger partial charge on any atom is -0.493 e. The number of rotatable bonds is 6. The van der Waals surface area contributed by atoms with E-state index in [4.69, 9.17) is 4.74 Å². The summed E-state index contributed by atoms with van der Waals surface area (Å²) in [5, 5.41) is 12.8. The third-order valence-corrected chi connectivity index (χ3v) is 2.07. The average molecular weight is 278 g/mol. The van der Waals surface area contributed by atoms with Gasteiger partial charge in [-0.1, -0.05) is 6.92 Å². The fourth-order valence-corrected chi connectivity index (χ4v) is 1.30. The van der Waals surface area contributed by atoms with E-state index < -0.39 is 17.6 Å². The Balaban J connectivity index is 2.89. The van der Waals surface area contributed by atoms with Crippen LogP contribution in [-0.2, 0) is 0 Å². The smallest absolute Gasteiger partial charge is 0.405 e. The Hall–Kier alpha value is -1.99. The molecule has 19 heavy (non-hydrogen) atoms. The number of non-ortho nitro benzene ring substituents is 1. The molecule has 0 amide bonds. The number of halogens is 3. The van der Waals surface area contributed by atoms with Gasteiger partial charge in [-0.05, 0) is 6.42 Å². The molecule has 1 aromatic rings. The van der Waals surface area contributed by atoms with E-state index in [1.807, 2.05) is 6.92 Å². The highest BCUT2D eigenvalue weighted by atomic mass is 19.4. The second kappa shape index (κ2) is 6.26. The minimum absolute atomic E-state index is 0.00220. The van der Waals surface area contributed by atoms with Gasteiger partial charge >= 0.3 is 6.18 Å². The second-order valence-electron chi connectivity index (χ2n) is 3.79. The van der Waals surface area contributed by atoms with Crippen molar-refractivity contribution in [2.45, 2.75) is 19.5 Å². The molecule has 0 saturated carbocycles. The van der Waals surface area contributed by atoms with E-state index in [0.717, 1.165) is 6.07 Å². The molecule has 0 atom stereocenters. The molecule has 0 heterocycles. The summed E-state index contributed by atoms with van der Waals surface area (Å²) in [6.07, 6.45) is -3.71. The number of nitrogens with one attached hydrogen (secondary N) is 1. The molecule has 0 bridgehead atoms. The van der Waals surface area contributed by atoms with Gasteiger partial charge in [0.2, 0.25) is 0 Å². The maximum Gasteiger partial charge on any atom is 0.405 e. The molecule has 0 unspecified atom stereocenters. The van der Waals surface area contributed by atoms with Crippen molar-refractivity contribution in [1.82, 2.24) is 0 Å². The molecule has 0 aliphatic rings. The largest absolute Gasteiger partial charge is 0.493 e. The molecule has 0 aliphatic carbocycles. The van der Waals surface area contributed by atoms with Gasteiger partial charge in [0.05, 0.1) is 17.6 Å². The van der Waals surface area contributed by atoms with Crippen LogP contribution in [0.3, 0.4) is 0 Å². The first-order valence-corrected chi connectivity index (χ1v) is 5.54. The number of nitro groups is 1. The first-order chi connectivity index (χ1) is 8.81. The Morgan fingerprint density at radius 2 is 2.05 bits per heavy atom. The molecule has 106 valence electrons. The zero-order chi connectivity index (χ0) is 14.5. The predicted octanol–water partition coefficient (Wildman–Crippen LogP) is 3.36. The summed E-state index contributed by atoms with van der Waals surface area (Å²) in [4.78, 5) is 10.00. The summed E-state index contributed by atoms with van der Waals surface area (Å²) >= 11 is 0. The summed E-state index contributed by atoms with van der Waals surface area (Å²) in [6.45, 7) is 0.918. The molecule has 0 aliphatic heterocycles. The van der Waals surface area contributed by atoms with E-state index >= 15 is 0 Å². The van der Waals surface area contributed by atoms with E-state index in [1.54, 1.807) is 0 Å². The van der Waals surface area contributed by atoms with Gasteiger partial charge in [-0.3, -0.25) is 10.1 Å². The lowest BCUT2D eigenvalue weighted by molar-refractivity contribution is -0.384. The van der Waals surface area contributed by atoms with E-state index in [0.29, 0.717) is 13.0 Å². The number of hydrogen-bond donors (Lipinski definition) is 1. The number of alkyl halides is 3. The Bertz CT molecular complexity index is 449. The summed E-state index contributed by atoms with van der Waals surface area (Å²) in [7, 11) is 0. The van der Waals surface area contributed by atoms with Crippen LogP contribution in [0.2, 0.25) is 0 Å². The van der Waals surface area contributed by atoms with Gasteiger partial charge < -0.3 is 10.1 Å². The average Bonchev–Trinajstić information content (AvgIpc) is 2.32. The summed E-state index contributed by atoms with van der Waals surface area (Å²) in [6, 6.07) is 3.51. The van der Waals surface area contributed by atoms with E-state index in [2.05, 4.69) is 5.32 Å². The zero-order valence-corrected chi connectivity index (χ0v) is 10.2. The van der Waals surface area contributed by atoms with Crippen molar-refractivity contribution in [3.8, 4) is 5.75 Å². The molecule has 0 fully saturated rings. The standard InChI is InChI=1S/C11H13F3N2O3/c1-2-3-19-10-5-8(15-7-11(12,13)14)4-9(6-10)16(17)18/h4-6,15H,2-3,7H2,1H3. The predicted molar refractivity (Wildman–Crippen MR) is 63.4 cm³/mol. The molecule has 1 aromatic carbocycles. The quantitative estimate of drug-likeness (QED) is 0.640. The van der Waals surface area contributed by atoms with Crippen LogP contribution in [-0.4, -0.2) is 24.3 Å². The van der Waals surface area contributed by atoms with Gasteiger partial charge in [0.15, 0.2) is 0 Å². The Morgan fingerprint density at radius 3 is 2.58 bits per heavy atom. The number of anilines is 1. The molecule has 0 saturated heterocycles. The molecule has 0 spiro atoms. The first-order valence-electron chi connectivity index (χ1n) is 5.54. The fraction of sp³-hybridized carbons (Fsp3) is 0.455. The highest BCUT2D eigenvalue weighted by Crippen LogP contribution is 2.27. The Morgan fingerprint density at radius 1 is 1.37 bits per heavy atom. The molecule has 0 radical (unpaired) electrons. The number of nitro benzene ring substituents is 1. The number of benzene rings is 1. The molecule has 0 aromatic heterocycles. The molecule has 8 heteroatoms. The Labute approximate surface area is 107 Å². The summed E-state index contributed by atoms with van der Waals surface area (Å²) in [5.41, 5.74) is -0.323. The van der Waals surface area contributed by atoms with Crippen molar-refractivity contribution in [2.75, 3.05) is 18.5 Å². The minimum atomic E-state index is -4.39. The molecule has 1 N–H and O–H groups in total. The van der Waals surface area contributed by atoms with Crippen molar-refractivity contribution < 1.29 is 22.8 Å². The van der Waals surface area contributed by atoms with Crippen LogP contribution in [0.25, 0.3) is 0 Å². The van der Waals surface area contributed by atoms with Gasteiger partial charge in [-0.25, -0.2) is 0 Å². The van der Waals surface area contributed by atoms with Crippen LogP contribution in [0, 0.1) is 10.1 Å². The third-order valence-electron chi connectivity index (χ3n) is 2.07. The lowest BCUT2D eigenvalue weighted by atomic mass is 10.2. The Kier molecular flexibility index (Phi) is 4.96. The van der Waals surface area contributed by atoms with Crippen LogP contribution in [0.4, 0.5) is 24.5 Å². The van der Waals surface area contributed by atoms with Crippen LogP contribution in [0.5, 0.6) is 5.75 Å². The first kappa shape index (κ1) is 15.1. The summed E-state index contributed by atoms with van der Waals surface area (Å²) < 4.78 is 41.4. The molecular weight excluding hydrogens is 265 g/mol. The van der Waals surface area contributed by atoms with Gasteiger partial charge in [0.1, 0.15) is 12.3 Å². The number of ether oxygens (including phenoxy) is 1. The van der Waals surface area contributed by atoms with Crippen molar-refractivity contribution in [2.24, 2.45) is 0 Å². The maximum absolute atomic E-state index is 12.1. The third kappa shape index (κ3) is 5.45. The number of hydrogen-bond acceptors (Lipinski definition) is 4. The maximum atomic E-state index is 12.1. The number of nitrogens with zero attached hydrogens (tertiary/aromatic N) is 1. The van der Waals surface area contributed by atoms with E-state index in [9.17, 15) is 23.3 Å². The van der Waals surface area contributed by atoms with Crippen LogP contribution < -0.4 is 10.1 Å². The van der Waals surface area contributed by atoms with Gasteiger partial charge in [0.25, 0.3) is 5.69 Å². The van der Waals surface area contributed by atoms with Crippen molar-refractivity contribution in [1.29, 1.82) is 0 Å². The van der Waals surface area contributed by atoms with E-state index in [-0.39, 0.29) is 17.1 Å². The lowest BCUT2D eigenvalue weighted by Crippen LogP contribution is -2.21. The van der Waals surface area contributed by atoms with Crippen molar-refractivity contribution >= 4 is 11.4 Å². The van der Waals surface area contributed by atoms with Crippen LogP contribution in [0.1, 0.15) is 13.3 Å². The van der Waals surface area contributed by atoms with Gasteiger partial charge in [-0.2, -0.15) is 13.2 Å². The SMILES string of the molecule is CCCOc1cc(NCC(F)(F)F)cc([N+](=O)[O-])c1. The highest BCUT2D eigenvalue weighted by Gasteiger charge is 2.27. The zero-order valence-electron chi connectivity index (χ0n) is 10.2.